The van der Waals surface area contributed by atoms with E-state index in [2.05, 4.69) is 18.7 Å². The van der Waals surface area contributed by atoms with E-state index in [1.807, 2.05) is 42.2 Å². The second-order valence-electron chi connectivity index (χ2n) is 6.15. The zero-order valence-corrected chi connectivity index (χ0v) is 16.5. The average Bonchev–Trinajstić information content (AvgIpc) is 2.69. The molecule has 0 saturated carbocycles. The molecule has 0 aliphatic heterocycles. The molecule has 0 saturated heterocycles. The molecule has 0 heterocycles. The van der Waals surface area contributed by atoms with E-state index in [4.69, 9.17) is 9.47 Å². The monoisotopic (exact) mass is 358 g/mol. The van der Waals surface area contributed by atoms with E-state index in [0.717, 1.165) is 36.2 Å². The predicted molar refractivity (Wildman–Crippen MR) is 106 cm³/mol. The van der Waals surface area contributed by atoms with Crippen molar-refractivity contribution < 1.29 is 14.3 Å². The number of carbonyl (C=O) groups is 1. The maximum Gasteiger partial charge on any atom is 0.257 e. The van der Waals surface area contributed by atoms with Crippen molar-refractivity contribution in [1.29, 1.82) is 0 Å². The minimum absolute atomic E-state index is 0.00114. The van der Waals surface area contributed by atoms with Crippen molar-refractivity contribution in [2.45, 2.75) is 20.8 Å². The minimum atomic E-state index is 0.00114. The van der Waals surface area contributed by atoms with Crippen molar-refractivity contribution >= 4 is 16.7 Å². The van der Waals surface area contributed by atoms with Crippen LogP contribution in [-0.2, 0) is 0 Å². The number of nitrogens with zero attached hydrogens (tertiary/aromatic N) is 2. The molecule has 0 spiro atoms. The molecule has 142 valence electrons. The summed E-state index contributed by atoms with van der Waals surface area (Å²) in [6, 6.07) is 9.62. The van der Waals surface area contributed by atoms with E-state index in [9.17, 15) is 4.79 Å². The summed E-state index contributed by atoms with van der Waals surface area (Å²) in [5.74, 6) is 1.35. The molecular formula is C21H30N2O3. The number of hydrogen-bond donors (Lipinski definition) is 0. The van der Waals surface area contributed by atoms with Crippen LogP contribution in [-0.4, -0.2) is 62.7 Å². The Hall–Kier alpha value is -2.27. The number of carbonyl (C=O) groups excluding carboxylic acids is 1. The molecule has 5 nitrogen and oxygen atoms in total. The van der Waals surface area contributed by atoms with Crippen LogP contribution in [0.2, 0.25) is 0 Å². The molecular weight excluding hydrogens is 328 g/mol. The Balaban J connectivity index is 2.35. The first-order chi connectivity index (χ1) is 12.6. The standard InChI is InChI=1S/C21H30N2O3/c1-6-22(7-2)12-13-23(8-3)21(24)18-14-16-10-9-11-19(25-4)17(16)15-20(18)26-5/h9-11,14-15H,6-8,12-13H2,1-5H3. The second kappa shape index (κ2) is 9.43. The van der Waals surface area contributed by atoms with Crippen molar-refractivity contribution in [3.05, 3.63) is 35.9 Å². The van der Waals surface area contributed by atoms with Crippen molar-refractivity contribution in [3.8, 4) is 11.5 Å². The molecule has 0 N–H and O–H groups in total. The quantitative estimate of drug-likeness (QED) is 0.686. The molecule has 2 rings (SSSR count). The fourth-order valence-corrected chi connectivity index (χ4v) is 3.17. The van der Waals surface area contributed by atoms with Gasteiger partial charge in [-0.3, -0.25) is 4.79 Å². The molecule has 26 heavy (non-hydrogen) atoms. The molecule has 0 fully saturated rings. The molecule has 0 aliphatic carbocycles. The van der Waals surface area contributed by atoms with Gasteiger partial charge in [-0.1, -0.05) is 26.0 Å². The van der Waals surface area contributed by atoms with Crippen LogP contribution < -0.4 is 9.47 Å². The van der Waals surface area contributed by atoms with E-state index in [0.29, 0.717) is 24.4 Å². The van der Waals surface area contributed by atoms with Gasteiger partial charge in [0.2, 0.25) is 0 Å². The van der Waals surface area contributed by atoms with Crippen LogP contribution in [0.3, 0.4) is 0 Å². The second-order valence-corrected chi connectivity index (χ2v) is 6.15. The van der Waals surface area contributed by atoms with Crippen molar-refractivity contribution in [2.75, 3.05) is 46.9 Å². The molecule has 1 amide bonds. The van der Waals surface area contributed by atoms with Crippen molar-refractivity contribution in [2.24, 2.45) is 0 Å². The highest BCUT2D eigenvalue weighted by Crippen LogP contribution is 2.32. The molecule has 0 aromatic heterocycles. The van der Waals surface area contributed by atoms with Gasteiger partial charge in [-0.25, -0.2) is 0 Å². The van der Waals surface area contributed by atoms with Crippen molar-refractivity contribution in [3.63, 3.8) is 0 Å². The lowest BCUT2D eigenvalue weighted by atomic mass is 10.0. The van der Waals surface area contributed by atoms with Crippen LogP contribution in [0, 0.1) is 0 Å². The largest absolute Gasteiger partial charge is 0.496 e. The maximum atomic E-state index is 13.1. The Morgan fingerprint density at radius 1 is 0.923 bits per heavy atom. The van der Waals surface area contributed by atoms with E-state index in [1.165, 1.54) is 0 Å². The third-order valence-corrected chi connectivity index (χ3v) is 4.86. The fourth-order valence-electron chi connectivity index (χ4n) is 3.17. The van der Waals surface area contributed by atoms with Gasteiger partial charge in [0.15, 0.2) is 0 Å². The Bertz CT molecular complexity index is 741. The first-order valence-corrected chi connectivity index (χ1v) is 9.25. The minimum Gasteiger partial charge on any atom is -0.496 e. The molecule has 0 unspecified atom stereocenters. The Kier molecular flexibility index (Phi) is 7.27. The number of benzene rings is 2. The van der Waals surface area contributed by atoms with Crippen LogP contribution in [0.5, 0.6) is 11.5 Å². The SMILES string of the molecule is CCN(CC)CCN(CC)C(=O)c1cc2cccc(OC)c2cc1OC. The summed E-state index contributed by atoms with van der Waals surface area (Å²) in [5.41, 5.74) is 0.592. The number of fused-ring (bicyclic) bond motifs is 1. The summed E-state index contributed by atoms with van der Waals surface area (Å²) >= 11 is 0. The Morgan fingerprint density at radius 2 is 1.62 bits per heavy atom. The van der Waals surface area contributed by atoms with Gasteiger partial charge in [-0.2, -0.15) is 0 Å². The molecule has 0 atom stereocenters. The summed E-state index contributed by atoms with van der Waals surface area (Å²) in [5, 5.41) is 1.91. The van der Waals surface area contributed by atoms with Gasteiger partial charge in [0.05, 0.1) is 19.8 Å². The Labute approximate surface area is 156 Å². The van der Waals surface area contributed by atoms with Gasteiger partial charge >= 0.3 is 0 Å². The van der Waals surface area contributed by atoms with Gasteiger partial charge in [-0.15, -0.1) is 0 Å². The highest BCUT2D eigenvalue weighted by molar-refractivity contribution is 6.02. The molecule has 0 bridgehead atoms. The van der Waals surface area contributed by atoms with Gasteiger partial charge in [0.1, 0.15) is 11.5 Å². The maximum absolute atomic E-state index is 13.1. The lowest BCUT2D eigenvalue weighted by molar-refractivity contribution is 0.0743. The normalized spacial score (nSPS) is 11.0. The molecule has 0 aliphatic rings. The summed E-state index contributed by atoms with van der Waals surface area (Å²) in [7, 11) is 3.24. The zero-order valence-electron chi connectivity index (χ0n) is 16.5. The van der Waals surface area contributed by atoms with Gasteiger partial charge in [-0.05, 0) is 43.6 Å². The molecule has 0 radical (unpaired) electrons. The number of methoxy groups -OCH3 is 2. The highest BCUT2D eigenvalue weighted by Gasteiger charge is 2.20. The molecule has 2 aromatic carbocycles. The zero-order chi connectivity index (χ0) is 19.1. The van der Waals surface area contributed by atoms with Crippen LogP contribution in [0.25, 0.3) is 10.8 Å². The van der Waals surface area contributed by atoms with Crippen LogP contribution in [0.1, 0.15) is 31.1 Å². The van der Waals surface area contributed by atoms with Gasteiger partial charge in [0, 0.05) is 25.0 Å². The number of likely N-dealkylation sites (N-methyl/N-ethyl adjacent to an activating group) is 2. The summed E-state index contributed by atoms with van der Waals surface area (Å²) in [4.78, 5) is 17.3. The predicted octanol–water partition coefficient (Wildman–Crippen LogP) is 3.66. The molecule has 2 aromatic rings. The average molecular weight is 358 g/mol. The number of amides is 1. The Morgan fingerprint density at radius 3 is 2.19 bits per heavy atom. The smallest absolute Gasteiger partial charge is 0.257 e. The van der Waals surface area contributed by atoms with Gasteiger partial charge in [0.25, 0.3) is 5.91 Å². The first kappa shape index (κ1) is 20.0. The van der Waals surface area contributed by atoms with Crippen molar-refractivity contribution in [1.82, 2.24) is 9.80 Å². The number of rotatable bonds is 9. The lowest BCUT2D eigenvalue weighted by Gasteiger charge is -2.26. The first-order valence-electron chi connectivity index (χ1n) is 9.25. The van der Waals surface area contributed by atoms with Gasteiger partial charge < -0.3 is 19.3 Å². The third-order valence-electron chi connectivity index (χ3n) is 4.86. The van der Waals surface area contributed by atoms with E-state index in [-0.39, 0.29) is 5.91 Å². The number of hydrogen-bond acceptors (Lipinski definition) is 4. The van der Waals surface area contributed by atoms with Crippen LogP contribution >= 0.6 is 0 Å². The topological polar surface area (TPSA) is 42.0 Å². The molecule has 5 heteroatoms. The van der Waals surface area contributed by atoms with E-state index in [1.54, 1.807) is 14.2 Å². The number of ether oxygens (including phenoxy) is 2. The van der Waals surface area contributed by atoms with E-state index < -0.39 is 0 Å². The van der Waals surface area contributed by atoms with E-state index >= 15 is 0 Å². The lowest BCUT2D eigenvalue weighted by Crippen LogP contribution is -2.38. The summed E-state index contributed by atoms with van der Waals surface area (Å²) in [6.45, 7) is 10.5. The highest BCUT2D eigenvalue weighted by atomic mass is 16.5. The third kappa shape index (κ3) is 4.28. The van der Waals surface area contributed by atoms with Crippen LogP contribution in [0.4, 0.5) is 0 Å². The summed E-state index contributed by atoms with van der Waals surface area (Å²) in [6.07, 6.45) is 0. The van der Waals surface area contributed by atoms with Crippen LogP contribution in [0.15, 0.2) is 30.3 Å². The summed E-state index contributed by atoms with van der Waals surface area (Å²) < 4.78 is 11.0. The fraction of sp³-hybridized carbons (Fsp3) is 0.476.